The Morgan fingerprint density at radius 1 is 0.960 bits per heavy atom. The molecule has 0 radical (unpaired) electrons. The van der Waals surface area contributed by atoms with Crippen LogP contribution in [-0.4, -0.2) is 24.1 Å². The third kappa shape index (κ3) is 5.01. The van der Waals surface area contributed by atoms with Gasteiger partial charge in [-0.2, -0.15) is 0 Å². The lowest BCUT2D eigenvalue weighted by Crippen LogP contribution is -2.27. The quantitative estimate of drug-likeness (QED) is 0.415. The fraction of sp³-hybridized carbons (Fsp3) is 0.250. The van der Waals surface area contributed by atoms with Gasteiger partial charge < -0.3 is 9.47 Å². The maximum Gasteiger partial charge on any atom is 0.316 e. The van der Waals surface area contributed by atoms with E-state index in [1.807, 2.05) is 18.2 Å². The van der Waals surface area contributed by atoms with Crippen molar-refractivity contribution < 1.29 is 23.9 Å². The third-order valence-electron chi connectivity index (χ3n) is 3.61. The second-order valence-electron chi connectivity index (χ2n) is 5.45. The lowest BCUT2D eigenvalue weighted by Gasteiger charge is -2.14. The summed E-state index contributed by atoms with van der Waals surface area (Å²) in [5, 5.41) is 0. The second-order valence-corrected chi connectivity index (χ2v) is 5.45. The summed E-state index contributed by atoms with van der Waals surface area (Å²) in [6, 6.07) is 15.8. The van der Waals surface area contributed by atoms with Gasteiger partial charge in [0.25, 0.3) is 0 Å². The third-order valence-corrected chi connectivity index (χ3v) is 3.61. The monoisotopic (exact) mass is 340 g/mol. The molecule has 25 heavy (non-hydrogen) atoms. The van der Waals surface area contributed by atoms with E-state index in [0.717, 1.165) is 0 Å². The molecule has 5 heteroatoms. The number of ether oxygens (including phenoxy) is 2. The summed E-state index contributed by atoms with van der Waals surface area (Å²) in [6.45, 7) is 3.09. The highest BCUT2D eigenvalue weighted by Gasteiger charge is 2.29. The lowest BCUT2D eigenvalue weighted by atomic mass is 9.95. The number of benzene rings is 2. The van der Waals surface area contributed by atoms with E-state index < -0.39 is 17.7 Å². The molecule has 0 aliphatic heterocycles. The molecule has 5 nitrogen and oxygen atoms in total. The van der Waals surface area contributed by atoms with Crippen molar-refractivity contribution in [2.75, 3.05) is 6.61 Å². The Morgan fingerprint density at radius 2 is 1.60 bits per heavy atom. The predicted octanol–water partition coefficient (Wildman–Crippen LogP) is 3.82. The average Bonchev–Trinajstić information content (AvgIpc) is 2.60. The standard InChI is InChI=1S/C20H20O5/c1-3-24-20(23)17(14(2)21)13-18(22)16-11-7-8-12-19(16)25-15-9-5-4-6-10-15/h4-12,17H,3,13H2,1-2H3/t17-/m1/s1. The van der Waals surface area contributed by atoms with E-state index in [0.29, 0.717) is 17.1 Å². The van der Waals surface area contributed by atoms with Gasteiger partial charge in [-0.1, -0.05) is 30.3 Å². The molecule has 0 aliphatic rings. The van der Waals surface area contributed by atoms with Gasteiger partial charge in [0.2, 0.25) is 0 Å². The number of para-hydroxylation sites is 2. The SMILES string of the molecule is CCOC(=O)[C@H](CC(=O)c1ccccc1Oc1ccccc1)C(C)=O. The van der Waals surface area contributed by atoms with Gasteiger partial charge in [-0.25, -0.2) is 0 Å². The van der Waals surface area contributed by atoms with Gasteiger partial charge in [0.05, 0.1) is 12.2 Å². The maximum absolute atomic E-state index is 12.6. The number of hydrogen-bond acceptors (Lipinski definition) is 5. The van der Waals surface area contributed by atoms with Crippen LogP contribution in [0.2, 0.25) is 0 Å². The molecule has 0 unspecified atom stereocenters. The molecule has 2 aromatic rings. The smallest absolute Gasteiger partial charge is 0.316 e. The normalized spacial score (nSPS) is 11.4. The number of Topliss-reactive ketones (excluding diaryl/α,β-unsaturated/α-hetero) is 2. The molecule has 2 aromatic carbocycles. The molecule has 0 aromatic heterocycles. The zero-order chi connectivity index (χ0) is 18.2. The Hall–Kier alpha value is -2.95. The van der Waals surface area contributed by atoms with Crippen molar-refractivity contribution >= 4 is 17.5 Å². The van der Waals surface area contributed by atoms with Crippen LogP contribution in [0.5, 0.6) is 11.5 Å². The zero-order valence-corrected chi connectivity index (χ0v) is 14.2. The van der Waals surface area contributed by atoms with Crippen molar-refractivity contribution in [3.05, 3.63) is 60.2 Å². The van der Waals surface area contributed by atoms with Crippen LogP contribution in [0.4, 0.5) is 0 Å². The summed E-state index contributed by atoms with van der Waals surface area (Å²) in [6.07, 6.45) is -0.247. The van der Waals surface area contributed by atoms with E-state index >= 15 is 0 Å². The molecule has 0 N–H and O–H groups in total. The van der Waals surface area contributed by atoms with Crippen LogP contribution in [-0.2, 0) is 14.3 Å². The van der Waals surface area contributed by atoms with Crippen LogP contribution in [0.25, 0.3) is 0 Å². The van der Waals surface area contributed by atoms with Crippen LogP contribution in [0.1, 0.15) is 30.6 Å². The molecule has 1 atom stereocenters. The number of rotatable bonds is 8. The first-order chi connectivity index (χ1) is 12.0. The Labute approximate surface area is 146 Å². The summed E-state index contributed by atoms with van der Waals surface area (Å²) in [5.74, 6) is -1.55. The molecule has 2 rings (SSSR count). The minimum atomic E-state index is -1.10. The molecule has 0 saturated heterocycles. The lowest BCUT2D eigenvalue weighted by molar-refractivity contribution is -0.151. The largest absolute Gasteiger partial charge is 0.465 e. The van der Waals surface area contributed by atoms with E-state index in [2.05, 4.69) is 0 Å². The first kappa shape index (κ1) is 18.4. The van der Waals surface area contributed by atoms with Crippen molar-refractivity contribution in [1.29, 1.82) is 0 Å². The Morgan fingerprint density at radius 3 is 2.24 bits per heavy atom. The van der Waals surface area contributed by atoms with Crippen LogP contribution in [0.3, 0.4) is 0 Å². The molecule has 0 saturated carbocycles. The molecule has 0 amide bonds. The minimum absolute atomic E-state index is 0.157. The molecule has 0 fully saturated rings. The van der Waals surface area contributed by atoms with Crippen molar-refractivity contribution in [3.63, 3.8) is 0 Å². The number of carbonyl (C=O) groups excluding carboxylic acids is 3. The highest BCUT2D eigenvalue weighted by Crippen LogP contribution is 2.27. The fourth-order valence-corrected chi connectivity index (χ4v) is 2.33. The van der Waals surface area contributed by atoms with E-state index in [1.165, 1.54) is 6.92 Å². The highest BCUT2D eigenvalue weighted by atomic mass is 16.5. The Balaban J connectivity index is 2.21. The van der Waals surface area contributed by atoms with Crippen molar-refractivity contribution in [2.24, 2.45) is 5.92 Å². The highest BCUT2D eigenvalue weighted by molar-refractivity contribution is 6.06. The number of esters is 1. The van der Waals surface area contributed by atoms with Crippen molar-refractivity contribution in [2.45, 2.75) is 20.3 Å². The van der Waals surface area contributed by atoms with E-state index in [9.17, 15) is 14.4 Å². The average molecular weight is 340 g/mol. The van der Waals surface area contributed by atoms with Crippen molar-refractivity contribution in [3.8, 4) is 11.5 Å². The fourth-order valence-electron chi connectivity index (χ4n) is 2.33. The molecular weight excluding hydrogens is 320 g/mol. The first-order valence-electron chi connectivity index (χ1n) is 8.05. The van der Waals surface area contributed by atoms with Crippen LogP contribution >= 0.6 is 0 Å². The molecule has 0 spiro atoms. The Kier molecular flexibility index (Phi) is 6.46. The molecule has 130 valence electrons. The van der Waals surface area contributed by atoms with Gasteiger partial charge in [0.1, 0.15) is 23.2 Å². The molecule has 0 bridgehead atoms. The summed E-state index contributed by atoms with van der Waals surface area (Å²) >= 11 is 0. The van der Waals surface area contributed by atoms with Crippen LogP contribution in [0.15, 0.2) is 54.6 Å². The van der Waals surface area contributed by atoms with E-state index in [4.69, 9.17) is 9.47 Å². The van der Waals surface area contributed by atoms with Crippen molar-refractivity contribution in [1.82, 2.24) is 0 Å². The van der Waals surface area contributed by atoms with E-state index in [1.54, 1.807) is 43.3 Å². The predicted molar refractivity (Wildman–Crippen MR) is 92.7 cm³/mol. The summed E-state index contributed by atoms with van der Waals surface area (Å²) < 4.78 is 10.6. The van der Waals surface area contributed by atoms with Gasteiger partial charge in [0.15, 0.2) is 5.78 Å². The van der Waals surface area contributed by atoms with Gasteiger partial charge in [-0.3, -0.25) is 14.4 Å². The second kappa shape index (κ2) is 8.78. The minimum Gasteiger partial charge on any atom is -0.465 e. The van der Waals surface area contributed by atoms with Gasteiger partial charge in [-0.15, -0.1) is 0 Å². The summed E-state index contributed by atoms with van der Waals surface area (Å²) in [4.78, 5) is 36.3. The molecule has 0 heterocycles. The zero-order valence-electron chi connectivity index (χ0n) is 14.2. The van der Waals surface area contributed by atoms with Gasteiger partial charge in [-0.05, 0) is 38.1 Å². The van der Waals surface area contributed by atoms with Gasteiger partial charge in [0, 0.05) is 6.42 Å². The van der Waals surface area contributed by atoms with Gasteiger partial charge >= 0.3 is 5.97 Å². The first-order valence-corrected chi connectivity index (χ1v) is 8.05. The summed E-state index contributed by atoms with van der Waals surface area (Å²) in [5.41, 5.74) is 0.321. The maximum atomic E-state index is 12.6. The number of carbonyl (C=O) groups is 3. The Bertz CT molecular complexity index is 752. The molecule has 0 aliphatic carbocycles. The number of ketones is 2. The summed E-state index contributed by atoms with van der Waals surface area (Å²) in [7, 11) is 0. The molecular formula is C20H20O5. The van der Waals surface area contributed by atoms with Crippen LogP contribution in [0, 0.1) is 5.92 Å². The topological polar surface area (TPSA) is 69.7 Å². The number of hydrogen-bond donors (Lipinski definition) is 0. The van der Waals surface area contributed by atoms with Crippen LogP contribution < -0.4 is 4.74 Å². The van der Waals surface area contributed by atoms with E-state index in [-0.39, 0.29) is 18.8 Å².